The minimum absolute atomic E-state index is 0.347. The number of rotatable bonds is 4. The fraction of sp³-hybridized carbons (Fsp3) is 0.600. The van der Waals surface area contributed by atoms with Crippen molar-refractivity contribution in [2.45, 2.75) is 32.7 Å². The van der Waals surface area contributed by atoms with Gasteiger partial charge in [0.2, 0.25) is 0 Å². The molecule has 6 nitrogen and oxygen atoms in total. The Balaban J connectivity index is 2.13. The van der Waals surface area contributed by atoms with E-state index in [1.807, 2.05) is 11.6 Å². The molecule has 0 saturated heterocycles. The van der Waals surface area contributed by atoms with Crippen LogP contribution in [-0.2, 0) is 20.0 Å². The summed E-state index contributed by atoms with van der Waals surface area (Å²) in [6.45, 7) is 4.95. The molecule has 0 aliphatic heterocycles. The van der Waals surface area contributed by atoms with Gasteiger partial charge in [0, 0.05) is 25.9 Å². The maximum absolute atomic E-state index is 5.21. The number of aromatic amines is 1. The summed E-state index contributed by atoms with van der Waals surface area (Å²) in [5, 5.41) is 11.3. The molecule has 0 aromatic carbocycles. The van der Waals surface area contributed by atoms with E-state index in [1.165, 1.54) is 0 Å². The van der Waals surface area contributed by atoms with Crippen molar-refractivity contribution < 1.29 is 0 Å². The van der Waals surface area contributed by atoms with Crippen molar-refractivity contribution in [1.29, 1.82) is 0 Å². The Kier molecular flexibility index (Phi) is 3.37. The minimum atomic E-state index is 0.347. The molecule has 0 bridgehead atoms. The molecular formula is C10H16N6S. The van der Waals surface area contributed by atoms with Crippen molar-refractivity contribution >= 4 is 12.2 Å². The molecule has 0 radical (unpaired) electrons. The molecule has 0 aliphatic carbocycles. The Morgan fingerprint density at radius 3 is 2.82 bits per heavy atom. The third-order valence-corrected chi connectivity index (χ3v) is 2.82. The SMILES string of the molecule is CC(C)c1n[nH]c(=S)n1CCc1ncn(C)n1. The summed E-state index contributed by atoms with van der Waals surface area (Å²) in [5.41, 5.74) is 0. The second kappa shape index (κ2) is 4.79. The number of aryl methyl sites for hydroxylation is 2. The van der Waals surface area contributed by atoms with Gasteiger partial charge in [0.05, 0.1) is 0 Å². The maximum Gasteiger partial charge on any atom is 0.195 e. The second-order valence-electron chi connectivity index (χ2n) is 4.28. The molecule has 0 unspecified atom stereocenters. The minimum Gasteiger partial charge on any atom is -0.303 e. The number of nitrogens with zero attached hydrogens (tertiary/aromatic N) is 5. The van der Waals surface area contributed by atoms with Crippen molar-refractivity contribution in [3.05, 3.63) is 22.7 Å². The Morgan fingerprint density at radius 2 is 2.24 bits per heavy atom. The first-order chi connectivity index (χ1) is 8.08. The zero-order valence-electron chi connectivity index (χ0n) is 10.2. The predicted molar refractivity (Wildman–Crippen MR) is 66.2 cm³/mol. The summed E-state index contributed by atoms with van der Waals surface area (Å²) in [7, 11) is 1.86. The van der Waals surface area contributed by atoms with Crippen LogP contribution < -0.4 is 0 Å². The van der Waals surface area contributed by atoms with Gasteiger partial charge in [0.15, 0.2) is 10.6 Å². The first-order valence-electron chi connectivity index (χ1n) is 5.57. The largest absolute Gasteiger partial charge is 0.303 e. The lowest BCUT2D eigenvalue weighted by Crippen LogP contribution is -2.08. The van der Waals surface area contributed by atoms with E-state index in [-0.39, 0.29) is 0 Å². The van der Waals surface area contributed by atoms with Crippen LogP contribution in [0.4, 0.5) is 0 Å². The van der Waals surface area contributed by atoms with Gasteiger partial charge in [-0.3, -0.25) is 9.78 Å². The number of H-pyrrole nitrogens is 1. The highest BCUT2D eigenvalue weighted by molar-refractivity contribution is 7.71. The van der Waals surface area contributed by atoms with Crippen LogP contribution in [-0.4, -0.2) is 29.5 Å². The van der Waals surface area contributed by atoms with Crippen LogP contribution in [0.1, 0.15) is 31.4 Å². The van der Waals surface area contributed by atoms with Gasteiger partial charge < -0.3 is 4.57 Å². The van der Waals surface area contributed by atoms with Crippen LogP contribution in [0.5, 0.6) is 0 Å². The number of nitrogens with one attached hydrogen (secondary N) is 1. The van der Waals surface area contributed by atoms with E-state index in [1.54, 1.807) is 11.0 Å². The maximum atomic E-state index is 5.21. The first-order valence-corrected chi connectivity index (χ1v) is 5.98. The summed E-state index contributed by atoms with van der Waals surface area (Å²) < 4.78 is 4.37. The predicted octanol–water partition coefficient (Wildman–Crippen LogP) is 1.44. The Labute approximate surface area is 105 Å². The fourth-order valence-corrected chi connectivity index (χ4v) is 1.93. The molecule has 0 spiro atoms. The summed E-state index contributed by atoms with van der Waals surface area (Å²) in [4.78, 5) is 4.19. The van der Waals surface area contributed by atoms with Gasteiger partial charge in [-0.15, -0.1) is 0 Å². The number of aromatic nitrogens is 6. The second-order valence-corrected chi connectivity index (χ2v) is 4.66. The molecule has 0 fully saturated rings. The van der Waals surface area contributed by atoms with Gasteiger partial charge >= 0.3 is 0 Å². The van der Waals surface area contributed by atoms with Crippen molar-refractivity contribution in [3.63, 3.8) is 0 Å². The highest BCUT2D eigenvalue weighted by Gasteiger charge is 2.10. The van der Waals surface area contributed by atoms with Gasteiger partial charge in [-0.05, 0) is 12.2 Å². The third kappa shape index (κ3) is 2.60. The van der Waals surface area contributed by atoms with Gasteiger partial charge in [0.25, 0.3) is 0 Å². The molecule has 92 valence electrons. The zero-order valence-corrected chi connectivity index (χ0v) is 11.0. The molecule has 2 heterocycles. The lowest BCUT2D eigenvalue weighted by molar-refractivity contribution is 0.599. The molecule has 0 aliphatic rings. The highest BCUT2D eigenvalue weighted by Crippen LogP contribution is 2.11. The zero-order chi connectivity index (χ0) is 12.4. The molecule has 0 amide bonds. The van der Waals surface area contributed by atoms with E-state index in [0.29, 0.717) is 10.7 Å². The quantitative estimate of drug-likeness (QED) is 0.836. The average molecular weight is 252 g/mol. The van der Waals surface area contributed by atoms with Crippen molar-refractivity contribution in [2.24, 2.45) is 7.05 Å². The van der Waals surface area contributed by atoms with Crippen LogP contribution in [0.15, 0.2) is 6.33 Å². The van der Waals surface area contributed by atoms with E-state index in [4.69, 9.17) is 12.2 Å². The van der Waals surface area contributed by atoms with E-state index >= 15 is 0 Å². The van der Waals surface area contributed by atoms with Crippen molar-refractivity contribution in [2.75, 3.05) is 0 Å². The summed E-state index contributed by atoms with van der Waals surface area (Å²) >= 11 is 5.21. The van der Waals surface area contributed by atoms with E-state index in [0.717, 1.165) is 24.6 Å². The van der Waals surface area contributed by atoms with Gasteiger partial charge in [-0.2, -0.15) is 10.2 Å². The van der Waals surface area contributed by atoms with Crippen molar-refractivity contribution in [1.82, 2.24) is 29.5 Å². The number of hydrogen-bond donors (Lipinski definition) is 1. The van der Waals surface area contributed by atoms with Crippen LogP contribution in [0.3, 0.4) is 0 Å². The number of hydrogen-bond acceptors (Lipinski definition) is 4. The lowest BCUT2D eigenvalue weighted by Gasteiger charge is -2.07. The Bertz CT molecular complexity index is 549. The molecule has 17 heavy (non-hydrogen) atoms. The fourth-order valence-electron chi connectivity index (χ4n) is 1.70. The summed E-state index contributed by atoms with van der Waals surface area (Å²) in [5.74, 6) is 2.15. The first kappa shape index (κ1) is 12.0. The standard InChI is InChI=1S/C10H16N6S/c1-7(2)9-12-13-10(17)16(9)5-4-8-11-6-15(3)14-8/h6-7H,4-5H2,1-3H3,(H,13,17). The summed E-state index contributed by atoms with van der Waals surface area (Å²) in [6.07, 6.45) is 2.46. The van der Waals surface area contributed by atoms with Gasteiger partial charge in [-0.1, -0.05) is 13.8 Å². The third-order valence-electron chi connectivity index (χ3n) is 2.51. The topological polar surface area (TPSA) is 64.3 Å². The van der Waals surface area contributed by atoms with Gasteiger partial charge in [0.1, 0.15) is 12.2 Å². The molecule has 2 rings (SSSR count). The van der Waals surface area contributed by atoms with Crippen LogP contribution in [0.25, 0.3) is 0 Å². The lowest BCUT2D eigenvalue weighted by atomic mass is 10.2. The normalized spacial score (nSPS) is 11.3. The Hall–Kier alpha value is -1.50. The molecule has 1 N–H and O–H groups in total. The highest BCUT2D eigenvalue weighted by atomic mass is 32.1. The molecule has 2 aromatic rings. The van der Waals surface area contributed by atoms with Crippen LogP contribution >= 0.6 is 12.2 Å². The van der Waals surface area contributed by atoms with Crippen LogP contribution in [0.2, 0.25) is 0 Å². The van der Waals surface area contributed by atoms with Crippen molar-refractivity contribution in [3.8, 4) is 0 Å². The van der Waals surface area contributed by atoms with E-state index in [9.17, 15) is 0 Å². The molecule has 2 aromatic heterocycles. The average Bonchev–Trinajstić information content (AvgIpc) is 2.82. The smallest absolute Gasteiger partial charge is 0.195 e. The van der Waals surface area contributed by atoms with Crippen LogP contribution in [0, 0.1) is 4.77 Å². The van der Waals surface area contributed by atoms with E-state index in [2.05, 4.69) is 34.1 Å². The van der Waals surface area contributed by atoms with E-state index < -0.39 is 0 Å². The van der Waals surface area contributed by atoms with Gasteiger partial charge in [-0.25, -0.2) is 4.98 Å². The molecule has 0 saturated carbocycles. The molecular weight excluding hydrogens is 236 g/mol. The summed E-state index contributed by atoms with van der Waals surface area (Å²) in [6, 6.07) is 0. The molecule has 7 heteroatoms. The molecule has 0 atom stereocenters. The Morgan fingerprint density at radius 1 is 1.47 bits per heavy atom. The monoisotopic (exact) mass is 252 g/mol.